The van der Waals surface area contributed by atoms with Gasteiger partial charge in [-0.05, 0) is 36.2 Å². The fourth-order valence-corrected chi connectivity index (χ4v) is 2.98. The molecule has 0 aliphatic heterocycles. The Hall–Kier alpha value is -2.73. The van der Waals surface area contributed by atoms with Crippen LogP contribution in [0.3, 0.4) is 0 Å². The molecule has 5 nitrogen and oxygen atoms in total. The molecule has 0 aliphatic rings. The topological polar surface area (TPSA) is 64.1 Å². The van der Waals surface area contributed by atoms with Crippen molar-refractivity contribution in [3.05, 3.63) is 65.0 Å². The molecule has 0 bridgehead atoms. The first kappa shape index (κ1) is 16.1. The number of ether oxygens (including phenoxy) is 1. The molecule has 0 radical (unpaired) electrons. The first-order valence-electron chi connectivity index (χ1n) is 7.51. The van der Waals surface area contributed by atoms with Gasteiger partial charge in [-0.1, -0.05) is 47.0 Å². The van der Waals surface area contributed by atoms with Crippen LogP contribution < -0.4 is 10.1 Å². The fourth-order valence-electron chi connectivity index (χ4n) is 2.39. The van der Waals surface area contributed by atoms with Gasteiger partial charge in [-0.25, -0.2) is 0 Å². The summed E-state index contributed by atoms with van der Waals surface area (Å²) in [4.78, 5) is 13.1. The number of hydrogen-bond donors (Lipinski definition) is 1. The number of carbonyl (C=O) groups is 1. The van der Waals surface area contributed by atoms with E-state index in [-0.39, 0.29) is 11.9 Å². The van der Waals surface area contributed by atoms with Crippen LogP contribution in [0.2, 0.25) is 0 Å². The molecular formula is C18H17N3O2S. The second kappa shape index (κ2) is 7.23. The van der Waals surface area contributed by atoms with Crippen molar-refractivity contribution in [2.24, 2.45) is 0 Å². The maximum Gasteiger partial charge on any atom is 0.265 e. The third kappa shape index (κ3) is 3.44. The lowest BCUT2D eigenvalue weighted by atomic mass is 10.1. The predicted molar refractivity (Wildman–Crippen MR) is 94.2 cm³/mol. The minimum Gasteiger partial charge on any atom is -0.497 e. The number of rotatable bonds is 5. The number of amides is 1. The highest BCUT2D eigenvalue weighted by Crippen LogP contribution is 2.27. The van der Waals surface area contributed by atoms with Gasteiger partial charge in [0, 0.05) is 5.56 Å². The van der Waals surface area contributed by atoms with Crippen LogP contribution in [-0.2, 0) is 0 Å². The molecule has 1 unspecified atom stereocenters. The zero-order valence-corrected chi connectivity index (χ0v) is 14.2. The van der Waals surface area contributed by atoms with Gasteiger partial charge in [0.1, 0.15) is 16.3 Å². The van der Waals surface area contributed by atoms with Gasteiger partial charge in [-0.2, -0.15) is 0 Å². The standard InChI is InChI=1S/C18H17N3O2S/c1-12(13-7-4-3-5-8-13)19-18(22)17-16(20-21-24-17)14-9-6-10-15(11-14)23-2/h3-12H,1-2H3,(H,19,22). The molecule has 1 N–H and O–H groups in total. The SMILES string of the molecule is COc1cccc(-c2nnsc2C(=O)NC(C)c2ccccc2)c1. The molecular weight excluding hydrogens is 322 g/mol. The smallest absolute Gasteiger partial charge is 0.265 e. The molecule has 24 heavy (non-hydrogen) atoms. The average Bonchev–Trinajstić information content (AvgIpc) is 3.12. The van der Waals surface area contributed by atoms with Gasteiger partial charge in [0.15, 0.2) is 0 Å². The van der Waals surface area contributed by atoms with Gasteiger partial charge in [-0.15, -0.1) is 5.10 Å². The van der Waals surface area contributed by atoms with E-state index in [1.807, 2.05) is 61.5 Å². The van der Waals surface area contributed by atoms with Crippen molar-refractivity contribution in [3.8, 4) is 17.0 Å². The van der Waals surface area contributed by atoms with Crippen LogP contribution >= 0.6 is 11.5 Å². The molecule has 0 saturated heterocycles. The van der Waals surface area contributed by atoms with Crippen LogP contribution in [0.15, 0.2) is 54.6 Å². The summed E-state index contributed by atoms with van der Waals surface area (Å²) in [7, 11) is 1.60. The Morgan fingerprint density at radius 2 is 1.96 bits per heavy atom. The predicted octanol–water partition coefficient (Wildman–Crippen LogP) is 3.70. The van der Waals surface area contributed by atoms with Gasteiger partial charge >= 0.3 is 0 Å². The Morgan fingerprint density at radius 3 is 2.71 bits per heavy atom. The quantitative estimate of drug-likeness (QED) is 0.770. The molecule has 1 aromatic heterocycles. The molecule has 0 saturated carbocycles. The molecule has 6 heteroatoms. The van der Waals surface area contributed by atoms with Crippen molar-refractivity contribution < 1.29 is 9.53 Å². The third-order valence-electron chi connectivity index (χ3n) is 3.68. The van der Waals surface area contributed by atoms with Gasteiger partial charge in [0.2, 0.25) is 0 Å². The van der Waals surface area contributed by atoms with Crippen molar-refractivity contribution in [1.29, 1.82) is 0 Å². The Kier molecular flexibility index (Phi) is 4.86. The summed E-state index contributed by atoms with van der Waals surface area (Å²) in [5.41, 5.74) is 2.42. The number of benzene rings is 2. The van der Waals surface area contributed by atoms with Crippen LogP contribution in [0.25, 0.3) is 11.3 Å². The molecule has 0 fully saturated rings. The number of methoxy groups -OCH3 is 1. The summed E-state index contributed by atoms with van der Waals surface area (Å²) >= 11 is 1.09. The monoisotopic (exact) mass is 339 g/mol. The summed E-state index contributed by atoms with van der Waals surface area (Å²) in [5.74, 6) is 0.531. The van der Waals surface area contributed by atoms with E-state index in [0.717, 1.165) is 22.7 Å². The van der Waals surface area contributed by atoms with E-state index in [1.165, 1.54) is 0 Å². The third-order valence-corrected chi connectivity index (χ3v) is 4.41. The number of aromatic nitrogens is 2. The average molecular weight is 339 g/mol. The van der Waals surface area contributed by atoms with Gasteiger partial charge < -0.3 is 10.1 Å². The van der Waals surface area contributed by atoms with Crippen molar-refractivity contribution in [2.45, 2.75) is 13.0 Å². The molecule has 1 heterocycles. The van der Waals surface area contributed by atoms with E-state index in [4.69, 9.17) is 4.74 Å². The van der Waals surface area contributed by atoms with E-state index in [9.17, 15) is 4.79 Å². The maximum atomic E-state index is 12.6. The van der Waals surface area contributed by atoms with Gasteiger partial charge in [-0.3, -0.25) is 4.79 Å². The van der Waals surface area contributed by atoms with Gasteiger partial charge in [0.25, 0.3) is 5.91 Å². The van der Waals surface area contributed by atoms with Crippen LogP contribution in [0.1, 0.15) is 28.2 Å². The summed E-state index contributed by atoms with van der Waals surface area (Å²) in [6, 6.07) is 17.2. The molecule has 2 aromatic carbocycles. The van der Waals surface area contributed by atoms with Crippen molar-refractivity contribution in [2.75, 3.05) is 7.11 Å². The van der Waals surface area contributed by atoms with Crippen LogP contribution in [0.4, 0.5) is 0 Å². The van der Waals surface area contributed by atoms with E-state index < -0.39 is 0 Å². The summed E-state index contributed by atoms with van der Waals surface area (Å²) in [6.07, 6.45) is 0. The highest BCUT2D eigenvalue weighted by molar-refractivity contribution is 7.08. The lowest BCUT2D eigenvalue weighted by Gasteiger charge is -2.13. The normalized spacial score (nSPS) is 11.8. The fraction of sp³-hybridized carbons (Fsp3) is 0.167. The molecule has 0 aliphatic carbocycles. The minimum absolute atomic E-state index is 0.0982. The molecule has 3 rings (SSSR count). The van der Waals surface area contributed by atoms with E-state index in [0.29, 0.717) is 16.3 Å². The van der Waals surface area contributed by atoms with E-state index >= 15 is 0 Å². The summed E-state index contributed by atoms with van der Waals surface area (Å²) < 4.78 is 9.18. The van der Waals surface area contributed by atoms with Crippen LogP contribution in [0.5, 0.6) is 5.75 Å². The Bertz CT molecular complexity index is 833. The Balaban J connectivity index is 1.83. The largest absolute Gasteiger partial charge is 0.497 e. The highest BCUT2D eigenvalue weighted by Gasteiger charge is 2.20. The van der Waals surface area contributed by atoms with Crippen molar-refractivity contribution in [1.82, 2.24) is 14.9 Å². The Morgan fingerprint density at radius 1 is 1.17 bits per heavy atom. The molecule has 1 amide bonds. The second-order valence-corrected chi connectivity index (χ2v) is 6.04. The second-order valence-electron chi connectivity index (χ2n) is 5.29. The van der Waals surface area contributed by atoms with Crippen molar-refractivity contribution in [3.63, 3.8) is 0 Å². The van der Waals surface area contributed by atoms with Crippen LogP contribution in [-0.4, -0.2) is 22.6 Å². The van der Waals surface area contributed by atoms with Crippen molar-refractivity contribution >= 4 is 17.4 Å². The van der Waals surface area contributed by atoms with E-state index in [1.54, 1.807) is 7.11 Å². The number of nitrogens with one attached hydrogen (secondary N) is 1. The summed E-state index contributed by atoms with van der Waals surface area (Å²) in [6.45, 7) is 1.95. The Labute approximate surface area is 144 Å². The highest BCUT2D eigenvalue weighted by atomic mass is 32.1. The van der Waals surface area contributed by atoms with E-state index in [2.05, 4.69) is 14.9 Å². The number of nitrogens with zero attached hydrogens (tertiary/aromatic N) is 2. The van der Waals surface area contributed by atoms with Crippen LogP contribution in [0, 0.1) is 0 Å². The number of carbonyl (C=O) groups excluding carboxylic acids is 1. The molecule has 122 valence electrons. The zero-order chi connectivity index (χ0) is 16.9. The molecule has 1 atom stereocenters. The van der Waals surface area contributed by atoms with Gasteiger partial charge in [0.05, 0.1) is 13.2 Å². The zero-order valence-electron chi connectivity index (χ0n) is 13.4. The summed E-state index contributed by atoms with van der Waals surface area (Å²) in [5, 5.41) is 7.11. The maximum absolute atomic E-state index is 12.6. The first-order valence-corrected chi connectivity index (χ1v) is 8.29. The molecule has 3 aromatic rings. The molecule has 0 spiro atoms. The minimum atomic E-state index is -0.181. The number of hydrogen-bond acceptors (Lipinski definition) is 5. The lowest BCUT2D eigenvalue weighted by Crippen LogP contribution is -2.26. The first-order chi connectivity index (χ1) is 11.7. The lowest BCUT2D eigenvalue weighted by molar-refractivity contribution is 0.0944.